The lowest BCUT2D eigenvalue weighted by atomic mass is 9.84. The van der Waals surface area contributed by atoms with Gasteiger partial charge >= 0.3 is 6.03 Å². The molecule has 0 atom stereocenters. The predicted molar refractivity (Wildman–Crippen MR) is 130 cm³/mol. The lowest BCUT2D eigenvalue weighted by Crippen LogP contribution is -2.52. The number of hydrogen-bond donors (Lipinski definition) is 1. The van der Waals surface area contributed by atoms with Crippen molar-refractivity contribution in [3.8, 4) is 0 Å². The number of amides is 2. The minimum absolute atomic E-state index is 0.0389. The number of benzene rings is 1. The molecule has 1 heterocycles. The second-order valence-corrected chi connectivity index (χ2v) is 10.5. The van der Waals surface area contributed by atoms with Gasteiger partial charge in [-0.15, -0.1) is 0 Å². The predicted octanol–water partition coefficient (Wildman–Crippen LogP) is 5.21. The third kappa shape index (κ3) is 5.81. The molecule has 0 spiro atoms. The van der Waals surface area contributed by atoms with Gasteiger partial charge in [-0.05, 0) is 69.5 Å². The van der Waals surface area contributed by atoms with Gasteiger partial charge in [0.1, 0.15) is 6.17 Å². The normalized spacial score (nSPS) is 28.8. The maximum atomic E-state index is 13.1. The zero-order valence-electron chi connectivity index (χ0n) is 18.9. The highest BCUT2D eigenvalue weighted by molar-refractivity contribution is 6.43. The molecule has 3 fully saturated rings. The van der Waals surface area contributed by atoms with Crippen molar-refractivity contribution in [2.24, 2.45) is 5.92 Å². The lowest BCUT2D eigenvalue weighted by molar-refractivity contribution is 0.0856. The number of rotatable bonds is 6. The number of alkyl halides is 1. The first-order chi connectivity index (χ1) is 15.4. The van der Waals surface area contributed by atoms with Gasteiger partial charge in [0.25, 0.3) is 0 Å². The van der Waals surface area contributed by atoms with Crippen LogP contribution < -0.4 is 10.2 Å². The Labute approximate surface area is 201 Å². The molecule has 1 aromatic carbocycles. The standard InChI is InChI=1S/C24H35Cl2FN4O/c1-29(20-15-18(27)16-20)24(32)28-19-7-5-17(6-8-19)9-10-30-11-13-31(14-12-30)22-4-2-3-21(25)23(22)26/h2-4,17-20H,5-16H2,1H3,(H,28,32)/t17-,18?,19-,20?. The smallest absolute Gasteiger partial charge is 0.317 e. The van der Waals surface area contributed by atoms with Crippen molar-refractivity contribution in [2.45, 2.75) is 63.2 Å². The molecule has 8 heteroatoms. The van der Waals surface area contributed by atoms with E-state index in [9.17, 15) is 9.18 Å². The van der Waals surface area contributed by atoms with E-state index >= 15 is 0 Å². The first-order valence-corrected chi connectivity index (χ1v) is 12.7. The maximum absolute atomic E-state index is 13.1. The van der Waals surface area contributed by atoms with Gasteiger partial charge in [0.2, 0.25) is 0 Å². The number of nitrogens with zero attached hydrogens (tertiary/aromatic N) is 3. The van der Waals surface area contributed by atoms with Crippen LogP contribution in [0.25, 0.3) is 0 Å². The Morgan fingerprint density at radius 2 is 1.81 bits per heavy atom. The van der Waals surface area contributed by atoms with Gasteiger partial charge in [0.05, 0.1) is 15.7 Å². The molecule has 2 amide bonds. The van der Waals surface area contributed by atoms with Crippen molar-refractivity contribution in [3.63, 3.8) is 0 Å². The minimum atomic E-state index is -0.733. The van der Waals surface area contributed by atoms with E-state index in [4.69, 9.17) is 23.2 Å². The highest BCUT2D eigenvalue weighted by Crippen LogP contribution is 2.33. The lowest BCUT2D eigenvalue weighted by Gasteiger charge is -2.39. The van der Waals surface area contributed by atoms with E-state index in [-0.39, 0.29) is 18.1 Å². The Bertz CT molecular complexity index is 775. The Morgan fingerprint density at radius 1 is 1.12 bits per heavy atom. The Morgan fingerprint density at radius 3 is 2.47 bits per heavy atom. The largest absolute Gasteiger partial charge is 0.368 e. The molecule has 4 rings (SSSR count). The molecule has 0 radical (unpaired) electrons. The highest BCUT2D eigenvalue weighted by Gasteiger charge is 2.35. The van der Waals surface area contributed by atoms with Crippen LogP contribution in [0.4, 0.5) is 14.9 Å². The fourth-order valence-corrected chi connectivity index (χ4v) is 5.60. The van der Waals surface area contributed by atoms with Crippen molar-refractivity contribution in [1.82, 2.24) is 15.1 Å². The van der Waals surface area contributed by atoms with Crippen molar-refractivity contribution < 1.29 is 9.18 Å². The third-order valence-corrected chi connectivity index (χ3v) is 8.40. The SMILES string of the molecule is CN(C(=O)N[C@H]1CC[C@H](CCN2CCN(c3cccc(Cl)c3Cl)CC2)CC1)C1CC(F)C1. The summed E-state index contributed by atoms with van der Waals surface area (Å²) in [6.45, 7) is 5.16. The molecule has 1 aliphatic heterocycles. The van der Waals surface area contributed by atoms with Crippen LogP contribution in [0.5, 0.6) is 0 Å². The molecular formula is C24H35Cl2FN4O. The van der Waals surface area contributed by atoms with Gasteiger partial charge in [-0.2, -0.15) is 0 Å². The number of urea groups is 1. The summed E-state index contributed by atoms with van der Waals surface area (Å²) < 4.78 is 13.1. The molecule has 32 heavy (non-hydrogen) atoms. The zero-order valence-corrected chi connectivity index (χ0v) is 20.4. The average molecular weight is 485 g/mol. The first-order valence-electron chi connectivity index (χ1n) is 12.0. The summed E-state index contributed by atoms with van der Waals surface area (Å²) in [5.41, 5.74) is 1.03. The van der Waals surface area contributed by atoms with Gasteiger partial charge < -0.3 is 15.1 Å². The molecular weight excluding hydrogens is 450 g/mol. The molecule has 0 aromatic heterocycles. The number of carbonyl (C=O) groups excluding carboxylic acids is 1. The Hall–Kier alpha value is -1.24. The number of anilines is 1. The van der Waals surface area contributed by atoms with Gasteiger partial charge in [-0.1, -0.05) is 29.3 Å². The molecule has 1 saturated heterocycles. The topological polar surface area (TPSA) is 38.8 Å². The van der Waals surface area contributed by atoms with Gasteiger partial charge in [0.15, 0.2) is 0 Å². The number of piperazine rings is 1. The molecule has 0 unspecified atom stereocenters. The molecule has 0 bridgehead atoms. The quantitative estimate of drug-likeness (QED) is 0.602. The molecule has 1 N–H and O–H groups in total. The fourth-order valence-electron chi connectivity index (χ4n) is 5.19. The summed E-state index contributed by atoms with van der Waals surface area (Å²) in [5.74, 6) is 0.736. The number of hydrogen-bond acceptors (Lipinski definition) is 3. The van der Waals surface area contributed by atoms with E-state index in [1.165, 1.54) is 19.3 Å². The fraction of sp³-hybridized carbons (Fsp3) is 0.708. The van der Waals surface area contributed by atoms with E-state index in [1.807, 2.05) is 18.2 Å². The molecule has 178 valence electrons. The summed E-state index contributed by atoms with van der Waals surface area (Å²) in [6, 6.07) is 6.12. The van der Waals surface area contributed by atoms with Crippen LogP contribution >= 0.6 is 23.2 Å². The Kier molecular flexibility index (Phi) is 8.06. The van der Waals surface area contributed by atoms with E-state index < -0.39 is 6.17 Å². The first kappa shape index (κ1) is 23.9. The summed E-state index contributed by atoms with van der Waals surface area (Å²) in [5, 5.41) is 4.43. The van der Waals surface area contributed by atoms with E-state index in [0.29, 0.717) is 22.9 Å². The second-order valence-electron chi connectivity index (χ2n) is 9.69. The van der Waals surface area contributed by atoms with Crippen LogP contribution in [0.3, 0.4) is 0 Å². The average Bonchev–Trinajstić information content (AvgIpc) is 2.78. The van der Waals surface area contributed by atoms with Crippen LogP contribution in [-0.2, 0) is 0 Å². The zero-order chi connectivity index (χ0) is 22.7. The van der Waals surface area contributed by atoms with Crippen LogP contribution in [0.2, 0.25) is 10.0 Å². The van der Waals surface area contributed by atoms with E-state index in [2.05, 4.69) is 15.1 Å². The van der Waals surface area contributed by atoms with Crippen molar-refractivity contribution in [1.29, 1.82) is 0 Å². The summed E-state index contributed by atoms with van der Waals surface area (Å²) in [6.07, 6.45) is 5.88. The highest BCUT2D eigenvalue weighted by atomic mass is 35.5. The summed E-state index contributed by atoms with van der Waals surface area (Å²) in [7, 11) is 1.79. The maximum Gasteiger partial charge on any atom is 0.317 e. The molecule has 2 aliphatic carbocycles. The number of carbonyl (C=O) groups is 1. The van der Waals surface area contributed by atoms with Crippen molar-refractivity contribution in [2.75, 3.05) is 44.7 Å². The van der Waals surface area contributed by atoms with Gasteiger partial charge in [-0.3, -0.25) is 4.90 Å². The van der Waals surface area contributed by atoms with Crippen LogP contribution in [0.1, 0.15) is 44.9 Å². The van der Waals surface area contributed by atoms with Gasteiger partial charge in [0, 0.05) is 45.3 Å². The van der Waals surface area contributed by atoms with Crippen LogP contribution in [-0.4, -0.2) is 73.9 Å². The van der Waals surface area contributed by atoms with Crippen molar-refractivity contribution >= 4 is 34.9 Å². The third-order valence-electron chi connectivity index (χ3n) is 7.60. The number of halogens is 3. The molecule has 2 saturated carbocycles. The number of nitrogens with one attached hydrogen (secondary N) is 1. The van der Waals surface area contributed by atoms with E-state index in [0.717, 1.165) is 57.2 Å². The Balaban J connectivity index is 1.12. The molecule has 1 aromatic rings. The van der Waals surface area contributed by atoms with E-state index in [1.54, 1.807) is 11.9 Å². The minimum Gasteiger partial charge on any atom is -0.368 e. The van der Waals surface area contributed by atoms with Crippen molar-refractivity contribution in [3.05, 3.63) is 28.2 Å². The van der Waals surface area contributed by atoms with Gasteiger partial charge in [-0.25, -0.2) is 9.18 Å². The van der Waals surface area contributed by atoms with Crippen LogP contribution in [0.15, 0.2) is 18.2 Å². The molecule has 5 nitrogen and oxygen atoms in total. The summed E-state index contributed by atoms with van der Waals surface area (Å²) >= 11 is 12.6. The van der Waals surface area contributed by atoms with Crippen LogP contribution in [0, 0.1) is 5.92 Å². The molecule has 3 aliphatic rings. The monoisotopic (exact) mass is 484 g/mol. The summed E-state index contributed by atoms with van der Waals surface area (Å²) in [4.78, 5) is 19.0. The second kappa shape index (κ2) is 10.8.